The fourth-order valence-corrected chi connectivity index (χ4v) is 1.84. The summed E-state index contributed by atoms with van der Waals surface area (Å²) in [6, 6.07) is 5.83. The molecule has 1 aromatic carbocycles. The first kappa shape index (κ1) is 16.3. The quantitative estimate of drug-likeness (QED) is 0.756. The third-order valence-corrected chi connectivity index (χ3v) is 3.14. The minimum atomic E-state index is -0.0493. The molecule has 112 valence electrons. The molecule has 5 heteroatoms. The first-order chi connectivity index (χ1) is 9.62. The van der Waals surface area contributed by atoms with E-state index in [0.717, 1.165) is 18.4 Å². The fourth-order valence-electron chi connectivity index (χ4n) is 1.84. The van der Waals surface area contributed by atoms with Gasteiger partial charge in [-0.25, -0.2) is 0 Å². The molecule has 0 spiro atoms. The van der Waals surface area contributed by atoms with Crippen LogP contribution in [0.1, 0.15) is 25.3 Å². The van der Waals surface area contributed by atoms with Gasteiger partial charge >= 0.3 is 0 Å². The van der Waals surface area contributed by atoms with E-state index in [4.69, 9.17) is 15.2 Å². The molecule has 0 saturated carbocycles. The van der Waals surface area contributed by atoms with E-state index in [0.29, 0.717) is 24.5 Å². The van der Waals surface area contributed by atoms with Gasteiger partial charge < -0.3 is 20.5 Å². The average Bonchev–Trinajstić information content (AvgIpc) is 2.47. The summed E-state index contributed by atoms with van der Waals surface area (Å²) in [6.07, 6.45) is 1.94. The smallest absolute Gasteiger partial charge is 0.223 e. The van der Waals surface area contributed by atoms with E-state index in [9.17, 15) is 4.79 Å². The van der Waals surface area contributed by atoms with Gasteiger partial charge in [-0.15, -0.1) is 0 Å². The highest BCUT2D eigenvalue weighted by atomic mass is 16.5. The van der Waals surface area contributed by atoms with Gasteiger partial charge in [-0.2, -0.15) is 0 Å². The molecule has 5 nitrogen and oxygen atoms in total. The van der Waals surface area contributed by atoms with Crippen molar-refractivity contribution in [2.24, 2.45) is 5.73 Å². The number of methoxy groups -OCH3 is 1. The summed E-state index contributed by atoms with van der Waals surface area (Å²) in [6.45, 7) is 2.37. The van der Waals surface area contributed by atoms with Crippen molar-refractivity contribution in [3.8, 4) is 11.5 Å². The van der Waals surface area contributed by atoms with Crippen LogP contribution in [0.25, 0.3) is 0 Å². The zero-order valence-electron chi connectivity index (χ0n) is 12.4. The summed E-state index contributed by atoms with van der Waals surface area (Å²) < 4.78 is 11.1. The Labute approximate surface area is 120 Å². The Morgan fingerprint density at radius 2 is 2.20 bits per heavy atom. The van der Waals surface area contributed by atoms with E-state index in [2.05, 4.69) is 12.2 Å². The second kappa shape index (κ2) is 8.43. The highest BCUT2D eigenvalue weighted by molar-refractivity contribution is 5.75. The van der Waals surface area contributed by atoms with Gasteiger partial charge in [0.15, 0.2) is 11.5 Å². The Kier molecular flexibility index (Phi) is 6.87. The lowest BCUT2D eigenvalue weighted by atomic mass is 10.0. The molecular weight excluding hydrogens is 256 g/mol. The molecule has 0 bridgehead atoms. The Balaban J connectivity index is 2.81. The maximum absolute atomic E-state index is 11.2. The number of amides is 1. The van der Waals surface area contributed by atoms with Crippen LogP contribution in [0.5, 0.6) is 11.5 Å². The van der Waals surface area contributed by atoms with Crippen molar-refractivity contribution in [3.05, 3.63) is 23.8 Å². The molecule has 0 heterocycles. The van der Waals surface area contributed by atoms with Crippen LogP contribution in [-0.4, -0.2) is 32.7 Å². The van der Waals surface area contributed by atoms with Crippen LogP contribution in [0, 0.1) is 0 Å². The Hall–Kier alpha value is -1.75. The fraction of sp³-hybridized carbons (Fsp3) is 0.533. The summed E-state index contributed by atoms with van der Waals surface area (Å²) in [5.74, 6) is 1.30. The molecule has 0 aliphatic rings. The standard InChI is InChI=1S/C15H24N2O3/c1-4-12(16)10-11-6-5-7-13(19-3)15(11)20-9-8-14(18)17-2/h5-7,12H,4,8-10,16H2,1-3H3,(H,17,18). The zero-order chi connectivity index (χ0) is 15.0. The number of ether oxygens (including phenoxy) is 2. The molecule has 0 aromatic heterocycles. The third kappa shape index (κ3) is 4.74. The number of hydrogen-bond donors (Lipinski definition) is 2. The lowest BCUT2D eigenvalue weighted by Gasteiger charge is -2.17. The van der Waals surface area contributed by atoms with Crippen molar-refractivity contribution in [1.82, 2.24) is 5.32 Å². The average molecular weight is 280 g/mol. The molecule has 0 saturated heterocycles. The van der Waals surface area contributed by atoms with Crippen LogP contribution in [-0.2, 0) is 11.2 Å². The number of hydrogen-bond acceptors (Lipinski definition) is 4. The van der Waals surface area contributed by atoms with Crippen molar-refractivity contribution in [2.45, 2.75) is 32.2 Å². The van der Waals surface area contributed by atoms with E-state index in [-0.39, 0.29) is 11.9 Å². The van der Waals surface area contributed by atoms with Gasteiger partial charge in [-0.05, 0) is 24.5 Å². The number of nitrogens with two attached hydrogens (primary N) is 1. The van der Waals surface area contributed by atoms with Crippen molar-refractivity contribution in [3.63, 3.8) is 0 Å². The predicted octanol–water partition coefficient (Wildman–Crippen LogP) is 1.49. The van der Waals surface area contributed by atoms with Gasteiger partial charge in [0.2, 0.25) is 5.91 Å². The summed E-state index contributed by atoms with van der Waals surface area (Å²) in [7, 11) is 3.21. The van der Waals surface area contributed by atoms with Gasteiger partial charge in [-0.3, -0.25) is 4.79 Å². The number of rotatable bonds is 8. The summed E-state index contributed by atoms with van der Waals surface area (Å²) in [5.41, 5.74) is 7.01. The molecule has 1 amide bonds. The van der Waals surface area contributed by atoms with E-state index in [1.807, 2.05) is 18.2 Å². The number of para-hydroxylation sites is 1. The number of carbonyl (C=O) groups is 1. The number of nitrogens with one attached hydrogen (secondary N) is 1. The minimum absolute atomic E-state index is 0.0493. The highest BCUT2D eigenvalue weighted by Gasteiger charge is 2.13. The molecule has 20 heavy (non-hydrogen) atoms. The van der Waals surface area contributed by atoms with Gasteiger partial charge in [0.05, 0.1) is 20.1 Å². The SMILES string of the molecule is CCC(N)Cc1cccc(OC)c1OCCC(=O)NC. The first-order valence-electron chi connectivity index (χ1n) is 6.87. The van der Waals surface area contributed by atoms with E-state index < -0.39 is 0 Å². The summed E-state index contributed by atoms with van der Waals surface area (Å²) in [5, 5.41) is 2.57. The third-order valence-electron chi connectivity index (χ3n) is 3.14. The molecule has 0 aliphatic carbocycles. The van der Waals surface area contributed by atoms with Crippen LogP contribution >= 0.6 is 0 Å². The first-order valence-corrected chi connectivity index (χ1v) is 6.87. The van der Waals surface area contributed by atoms with Crippen molar-refractivity contribution < 1.29 is 14.3 Å². The molecule has 3 N–H and O–H groups in total. The number of benzene rings is 1. The van der Waals surface area contributed by atoms with Crippen LogP contribution in [0.4, 0.5) is 0 Å². The molecule has 0 fully saturated rings. The second-order valence-corrected chi connectivity index (χ2v) is 4.59. The topological polar surface area (TPSA) is 73.6 Å². The summed E-state index contributed by atoms with van der Waals surface area (Å²) in [4.78, 5) is 11.2. The molecular formula is C15H24N2O3. The zero-order valence-corrected chi connectivity index (χ0v) is 12.4. The van der Waals surface area contributed by atoms with E-state index in [1.54, 1.807) is 14.2 Å². The predicted molar refractivity (Wildman–Crippen MR) is 79.1 cm³/mol. The normalized spacial score (nSPS) is 11.8. The molecule has 0 radical (unpaired) electrons. The van der Waals surface area contributed by atoms with Crippen molar-refractivity contribution >= 4 is 5.91 Å². The van der Waals surface area contributed by atoms with Gasteiger partial charge in [0.25, 0.3) is 0 Å². The monoisotopic (exact) mass is 280 g/mol. The van der Waals surface area contributed by atoms with Crippen molar-refractivity contribution in [1.29, 1.82) is 0 Å². The molecule has 1 rings (SSSR count). The van der Waals surface area contributed by atoms with E-state index in [1.165, 1.54) is 0 Å². The van der Waals surface area contributed by atoms with Crippen LogP contribution in [0.15, 0.2) is 18.2 Å². The van der Waals surface area contributed by atoms with Crippen LogP contribution in [0.2, 0.25) is 0 Å². The second-order valence-electron chi connectivity index (χ2n) is 4.59. The largest absolute Gasteiger partial charge is 0.493 e. The van der Waals surface area contributed by atoms with Crippen molar-refractivity contribution in [2.75, 3.05) is 20.8 Å². The molecule has 0 aliphatic heterocycles. The Morgan fingerprint density at radius 3 is 2.80 bits per heavy atom. The summed E-state index contributed by atoms with van der Waals surface area (Å²) >= 11 is 0. The van der Waals surface area contributed by atoms with Gasteiger partial charge in [0, 0.05) is 13.1 Å². The lowest BCUT2D eigenvalue weighted by molar-refractivity contribution is -0.121. The maximum Gasteiger partial charge on any atom is 0.223 e. The lowest BCUT2D eigenvalue weighted by Crippen LogP contribution is -2.22. The van der Waals surface area contributed by atoms with Crippen LogP contribution in [0.3, 0.4) is 0 Å². The molecule has 1 atom stereocenters. The van der Waals surface area contributed by atoms with Gasteiger partial charge in [-0.1, -0.05) is 19.1 Å². The molecule has 1 aromatic rings. The Morgan fingerprint density at radius 1 is 1.45 bits per heavy atom. The Bertz CT molecular complexity index is 435. The molecule has 1 unspecified atom stereocenters. The minimum Gasteiger partial charge on any atom is -0.493 e. The highest BCUT2D eigenvalue weighted by Crippen LogP contribution is 2.32. The van der Waals surface area contributed by atoms with Crippen LogP contribution < -0.4 is 20.5 Å². The van der Waals surface area contributed by atoms with E-state index >= 15 is 0 Å². The van der Waals surface area contributed by atoms with Gasteiger partial charge in [0.1, 0.15) is 0 Å². The maximum atomic E-state index is 11.2. The number of carbonyl (C=O) groups excluding carboxylic acids is 1.